The number of benzene rings is 2. The van der Waals surface area contributed by atoms with Gasteiger partial charge in [-0.15, -0.1) is 0 Å². The van der Waals surface area contributed by atoms with Crippen molar-refractivity contribution in [3.8, 4) is 11.5 Å². The van der Waals surface area contributed by atoms with Crippen LogP contribution < -0.4 is 4.74 Å². The molecule has 0 radical (unpaired) electrons. The zero-order valence-electron chi connectivity index (χ0n) is 14.6. The topological polar surface area (TPSA) is 63.7 Å². The van der Waals surface area contributed by atoms with Crippen molar-refractivity contribution in [3.63, 3.8) is 0 Å². The molecule has 0 atom stereocenters. The fourth-order valence-corrected chi connectivity index (χ4v) is 4.93. The predicted octanol–water partition coefficient (Wildman–Crippen LogP) is 2.96. The molecule has 26 heavy (non-hydrogen) atoms. The van der Waals surface area contributed by atoms with E-state index < -0.39 is 15.8 Å². The van der Waals surface area contributed by atoms with Gasteiger partial charge in [-0.3, -0.25) is 4.79 Å². The molecule has 0 N–H and O–H groups in total. The Labute approximate surface area is 153 Å². The summed E-state index contributed by atoms with van der Waals surface area (Å²) in [5, 5.41) is -0.346. The van der Waals surface area contributed by atoms with Crippen LogP contribution in [-0.4, -0.2) is 43.8 Å². The molecule has 136 valence electrons. The lowest BCUT2D eigenvalue weighted by Crippen LogP contribution is -2.44. The predicted molar refractivity (Wildman–Crippen MR) is 99.2 cm³/mol. The van der Waals surface area contributed by atoms with E-state index in [0.717, 1.165) is 11.1 Å². The Bertz CT molecular complexity index is 900. The van der Waals surface area contributed by atoms with Crippen LogP contribution in [0.3, 0.4) is 0 Å². The number of nitrogens with zero attached hydrogens (tertiary/aromatic N) is 1. The van der Waals surface area contributed by atoms with Crippen LogP contribution >= 0.6 is 0 Å². The second-order valence-electron chi connectivity index (χ2n) is 6.96. The number of para-hydroxylation sites is 2. The third kappa shape index (κ3) is 2.98. The molecule has 2 aromatic carbocycles. The fraction of sp³-hybridized carbons (Fsp3) is 0.350. The summed E-state index contributed by atoms with van der Waals surface area (Å²) in [6.07, 6.45) is 2.27. The highest BCUT2D eigenvalue weighted by atomic mass is 32.2. The van der Waals surface area contributed by atoms with Gasteiger partial charge in [-0.1, -0.05) is 36.4 Å². The van der Waals surface area contributed by atoms with E-state index >= 15 is 0 Å². The lowest BCUT2D eigenvalue weighted by molar-refractivity contribution is -0.132. The molecule has 0 bridgehead atoms. The first-order valence-corrected chi connectivity index (χ1v) is 10.7. The smallest absolute Gasteiger partial charge is 0.234 e. The van der Waals surface area contributed by atoms with Crippen LogP contribution in [0.15, 0.2) is 48.5 Å². The molecule has 2 aliphatic heterocycles. The van der Waals surface area contributed by atoms with E-state index in [-0.39, 0.29) is 11.2 Å². The number of hydrogen-bond donors (Lipinski definition) is 0. The Balaban J connectivity index is 1.65. The summed E-state index contributed by atoms with van der Waals surface area (Å²) in [6, 6.07) is 15.2. The number of piperidine rings is 1. The molecule has 0 aromatic heterocycles. The maximum absolute atomic E-state index is 13.4. The summed E-state index contributed by atoms with van der Waals surface area (Å²) >= 11 is 0. The zero-order chi connectivity index (χ0) is 18.3. The molecule has 0 aliphatic carbocycles. The molecule has 2 aliphatic rings. The van der Waals surface area contributed by atoms with Gasteiger partial charge in [0.05, 0.1) is 11.2 Å². The number of fused-ring (bicyclic) bond motifs is 2. The number of carbonyl (C=O) groups is 1. The van der Waals surface area contributed by atoms with Gasteiger partial charge in [0.15, 0.2) is 0 Å². The number of sulfone groups is 1. The molecule has 0 saturated carbocycles. The quantitative estimate of drug-likeness (QED) is 0.814. The minimum Gasteiger partial charge on any atom is -0.457 e. The minimum atomic E-state index is -3.06. The van der Waals surface area contributed by atoms with E-state index in [4.69, 9.17) is 4.74 Å². The number of ether oxygens (including phenoxy) is 1. The van der Waals surface area contributed by atoms with Crippen molar-refractivity contribution in [1.29, 1.82) is 0 Å². The van der Waals surface area contributed by atoms with E-state index in [1.165, 1.54) is 6.26 Å². The van der Waals surface area contributed by atoms with Gasteiger partial charge in [0.2, 0.25) is 5.91 Å². The van der Waals surface area contributed by atoms with E-state index in [1.807, 2.05) is 48.5 Å². The van der Waals surface area contributed by atoms with Gasteiger partial charge >= 0.3 is 0 Å². The molecule has 0 unspecified atom stereocenters. The van der Waals surface area contributed by atoms with Gasteiger partial charge < -0.3 is 9.64 Å². The number of likely N-dealkylation sites (tertiary alicyclic amines) is 1. The van der Waals surface area contributed by atoms with Crippen molar-refractivity contribution in [2.75, 3.05) is 19.3 Å². The van der Waals surface area contributed by atoms with E-state index in [9.17, 15) is 13.2 Å². The van der Waals surface area contributed by atoms with E-state index in [2.05, 4.69) is 0 Å². The lowest BCUT2D eigenvalue weighted by Gasteiger charge is -2.35. The van der Waals surface area contributed by atoms with Crippen LogP contribution in [0.4, 0.5) is 0 Å². The van der Waals surface area contributed by atoms with Gasteiger partial charge in [-0.2, -0.15) is 0 Å². The molecular weight excluding hydrogens is 350 g/mol. The standard InChI is InChI=1S/C20H21NO4S/c1-26(23,24)14-10-12-21(13-11-14)20(22)19-15-6-2-4-8-17(15)25-18-9-5-3-7-16(18)19/h2-9,14,19H,10-13H2,1H3. The normalized spacial score (nSPS) is 18.0. The van der Waals surface area contributed by atoms with E-state index in [1.54, 1.807) is 4.90 Å². The van der Waals surface area contributed by atoms with Crippen LogP contribution in [0.25, 0.3) is 0 Å². The third-order valence-corrected chi connectivity index (χ3v) is 6.97. The van der Waals surface area contributed by atoms with Gasteiger partial charge in [0.25, 0.3) is 0 Å². The number of carbonyl (C=O) groups excluding carboxylic acids is 1. The first-order valence-electron chi connectivity index (χ1n) is 8.78. The summed E-state index contributed by atoms with van der Waals surface area (Å²) in [6.45, 7) is 0.941. The summed E-state index contributed by atoms with van der Waals surface area (Å²) in [7, 11) is -3.06. The first kappa shape index (κ1) is 17.1. The highest BCUT2D eigenvalue weighted by Gasteiger charge is 2.37. The molecule has 1 fully saturated rings. The second-order valence-corrected chi connectivity index (χ2v) is 9.29. The Morgan fingerprint density at radius 2 is 1.46 bits per heavy atom. The van der Waals surface area contributed by atoms with Crippen LogP contribution in [-0.2, 0) is 14.6 Å². The zero-order valence-corrected chi connectivity index (χ0v) is 15.4. The largest absolute Gasteiger partial charge is 0.457 e. The number of amides is 1. The molecule has 2 aromatic rings. The lowest BCUT2D eigenvalue weighted by atomic mass is 9.86. The SMILES string of the molecule is CS(=O)(=O)C1CCN(C(=O)C2c3ccccc3Oc3ccccc32)CC1. The number of rotatable bonds is 2. The molecule has 6 heteroatoms. The monoisotopic (exact) mass is 371 g/mol. The van der Waals surface area contributed by atoms with Crippen molar-refractivity contribution in [1.82, 2.24) is 4.90 Å². The number of hydrogen-bond acceptors (Lipinski definition) is 4. The molecule has 0 spiro atoms. The van der Waals surface area contributed by atoms with Gasteiger partial charge in [-0.05, 0) is 25.0 Å². The summed E-state index contributed by atoms with van der Waals surface area (Å²) in [4.78, 5) is 15.2. The first-order chi connectivity index (χ1) is 12.4. The van der Waals surface area contributed by atoms with Crippen molar-refractivity contribution >= 4 is 15.7 Å². The van der Waals surface area contributed by atoms with Crippen molar-refractivity contribution in [2.45, 2.75) is 24.0 Å². The maximum Gasteiger partial charge on any atom is 0.234 e. The van der Waals surface area contributed by atoms with Crippen LogP contribution in [0.5, 0.6) is 11.5 Å². The summed E-state index contributed by atoms with van der Waals surface area (Å²) < 4.78 is 29.5. The molecule has 4 rings (SSSR count). The van der Waals surface area contributed by atoms with Crippen LogP contribution in [0, 0.1) is 0 Å². The molecule has 1 amide bonds. The van der Waals surface area contributed by atoms with Crippen LogP contribution in [0.2, 0.25) is 0 Å². The fourth-order valence-electron chi connectivity index (χ4n) is 3.86. The van der Waals surface area contributed by atoms with Crippen LogP contribution in [0.1, 0.15) is 29.9 Å². The third-order valence-electron chi connectivity index (χ3n) is 5.29. The molecule has 5 nitrogen and oxygen atoms in total. The van der Waals surface area contributed by atoms with E-state index in [0.29, 0.717) is 37.4 Å². The van der Waals surface area contributed by atoms with Crippen molar-refractivity contribution < 1.29 is 17.9 Å². The van der Waals surface area contributed by atoms with Gasteiger partial charge in [-0.25, -0.2) is 8.42 Å². The van der Waals surface area contributed by atoms with Gasteiger partial charge in [0, 0.05) is 30.5 Å². The Morgan fingerprint density at radius 1 is 0.962 bits per heavy atom. The molecular formula is C20H21NO4S. The second kappa shape index (κ2) is 6.43. The molecule has 1 saturated heterocycles. The maximum atomic E-state index is 13.4. The summed E-state index contributed by atoms with van der Waals surface area (Å²) in [5.41, 5.74) is 1.72. The Morgan fingerprint density at radius 3 is 1.96 bits per heavy atom. The van der Waals surface area contributed by atoms with Gasteiger partial charge in [0.1, 0.15) is 21.3 Å². The minimum absolute atomic E-state index is 0.0140. The van der Waals surface area contributed by atoms with Crippen molar-refractivity contribution in [3.05, 3.63) is 59.7 Å². The average Bonchev–Trinajstić information content (AvgIpc) is 2.65. The summed E-state index contributed by atoms with van der Waals surface area (Å²) in [5.74, 6) is 1.01. The Hall–Kier alpha value is -2.34. The van der Waals surface area contributed by atoms with Crippen molar-refractivity contribution in [2.24, 2.45) is 0 Å². The molecule has 2 heterocycles. The Kier molecular flexibility index (Phi) is 4.23. The highest BCUT2D eigenvalue weighted by Crippen LogP contribution is 2.44. The average molecular weight is 371 g/mol. The highest BCUT2D eigenvalue weighted by molar-refractivity contribution is 7.91.